The fraction of sp³-hybridized carbons (Fsp3) is 0. The summed E-state index contributed by atoms with van der Waals surface area (Å²) < 4.78 is 0. The number of rotatable bonds is 4. The number of hydrogen-bond acceptors (Lipinski definition) is 3. The molecule has 0 aromatic heterocycles. The van der Waals surface area contributed by atoms with Crippen molar-refractivity contribution in [3.05, 3.63) is 69.7 Å². The van der Waals surface area contributed by atoms with Gasteiger partial charge in [-0.25, -0.2) is 9.59 Å². The van der Waals surface area contributed by atoms with Crippen LogP contribution in [0.3, 0.4) is 0 Å². The van der Waals surface area contributed by atoms with Crippen LogP contribution in [0.5, 0.6) is 0 Å². The molecule has 0 saturated carbocycles. The summed E-state index contributed by atoms with van der Waals surface area (Å²) in [7, 11) is 0. The van der Waals surface area contributed by atoms with E-state index < -0.39 is 17.7 Å². The zero-order chi connectivity index (χ0) is 15.6. The van der Waals surface area contributed by atoms with Gasteiger partial charge in [-0.2, -0.15) is 0 Å². The van der Waals surface area contributed by atoms with Crippen LogP contribution in [0.2, 0.25) is 5.02 Å². The first kappa shape index (κ1) is 14.7. The zero-order valence-corrected chi connectivity index (χ0v) is 11.3. The van der Waals surface area contributed by atoms with Crippen molar-refractivity contribution in [3.8, 4) is 0 Å². The van der Waals surface area contributed by atoms with Gasteiger partial charge < -0.3 is 10.2 Å². The van der Waals surface area contributed by atoms with Crippen LogP contribution in [-0.2, 0) is 0 Å². The minimum absolute atomic E-state index is 0.111. The van der Waals surface area contributed by atoms with Crippen LogP contribution in [0.25, 0.3) is 0 Å². The molecule has 5 nitrogen and oxygen atoms in total. The number of ketones is 1. The van der Waals surface area contributed by atoms with Gasteiger partial charge in [-0.1, -0.05) is 23.7 Å². The van der Waals surface area contributed by atoms with Gasteiger partial charge in [0.05, 0.1) is 16.1 Å². The van der Waals surface area contributed by atoms with Gasteiger partial charge in [-0.15, -0.1) is 0 Å². The van der Waals surface area contributed by atoms with Crippen molar-refractivity contribution in [1.82, 2.24) is 0 Å². The third-order valence-electron chi connectivity index (χ3n) is 2.86. The van der Waals surface area contributed by atoms with Crippen molar-refractivity contribution in [3.63, 3.8) is 0 Å². The fourth-order valence-corrected chi connectivity index (χ4v) is 2.06. The summed E-state index contributed by atoms with van der Waals surface area (Å²) in [5, 5.41) is 18.2. The molecule has 106 valence electrons. The molecule has 0 atom stereocenters. The van der Waals surface area contributed by atoms with E-state index in [-0.39, 0.29) is 27.3 Å². The fourth-order valence-electron chi connectivity index (χ4n) is 1.84. The third kappa shape index (κ3) is 2.93. The van der Waals surface area contributed by atoms with E-state index in [4.69, 9.17) is 21.8 Å². The lowest BCUT2D eigenvalue weighted by atomic mass is 9.96. The molecule has 0 fully saturated rings. The highest BCUT2D eigenvalue weighted by Gasteiger charge is 2.21. The van der Waals surface area contributed by atoms with Crippen molar-refractivity contribution < 1.29 is 24.6 Å². The Bertz CT molecular complexity index is 751. The molecule has 2 aromatic carbocycles. The van der Waals surface area contributed by atoms with Crippen LogP contribution >= 0.6 is 11.6 Å². The Balaban J connectivity index is 2.58. The Morgan fingerprint density at radius 3 is 2.05 bits per heavy atom. The minimum atomic E-state index is -1.38. The summed E-state index contributed by atoms with van der Waals surface area (Å²) in [6, 6.07) is 9.55. The van der Waals surface area contributed by atoms with E-state index in [2.05, 4.69) is 0 Å². The van der Waals surface area contributed by atoms with Crippen molar-refractivity contribution in [1.29, 1.82) is 0 Å². The number of aromatic carboxylic acids is 2. The summed E-state index contributed by atoms with van der Waals surface area (Å²) in [6.45, 7) is 0. The summed E-state index contributed by atoms with van der Waals surface area (Å²) in [5.74, 6) is -3.22. The first-order chi connectivity index (χ1) is 9.91. The number of benzene rings is 2. The van der Waals surface area contributed by atoms with Crippen molar-refractivity contribution in [2.45, 2.75) is 0 Å². The standard InChI is InChI=1S/C15H9ClO5/c16-12-4-2-1-3-10(12)13(17)9-6-5-8(14(18)19)7-11(9)15(20)21/h1-7H,(H,18,19)(H,20,21). The van der Waals surface area contributed by atoms with Crippen LogP contribution < -0.4 is 0 Å². The van der Waals surface area contributed by atoms with Gasteiger partial charge in [0.25, 0.3) is 0 Å². The molecule has 6 heteroatoms. The summed E-state index contributed by atoms with van der Waals surface area (Å²) in [4.78, 5) is 34.5. The van der Waals surface area contributed by atoms with E-state index >= 15 is 0 Å². The van der Waals surface area contributed by atoms with Gasteiger partial charge in [0.1, 0.15) is 0 Å². The molecule has 21 heavy (non-hydrogen) atoms. The normalized spacial score (nSPS) is 10.1. The third-order valence-corrected chi connectivity index (χ3v) is 3.19. The van der Waals surface area contributed by atoms with Crippen LogP contribution in [0.4, 0.5) is 0 Å². The van der Waals surface area contributed by atoms with Crippen LogP contribution in [0.15, 0.2) is 42.5 Å². The van der Waals surface area contributed by atoms with Gasteiger partial charge in [-0.3, -0.25) is 4.79 Å². The number of halogens is 1. The molecule has 0 saturated heterocycles. The molecule has 2 N–H and O–H groups in total. The Kier molecular flexibility index (Phi) is 4.05. The van der Waals surface area contributed by atoms with Crippen molar-refractivity contribution in [2.75, 3.05) is 0 Å². The van der Waals surface area contributed by atoms with Crippen molar-refractivity contribution in [2.24, 2.45) is 0 Å². The number of carboxylic acids is 2. The van der Waals surface area contributed by atoms with Gasteiger partial charge in [-0.05, 0) is 30.3 Å². The van der Waals surface area contributed by atoms with Crippen LogP contribution in [-0.4, -0.2) is 27.9 Å². The molecule has 0 bridgehead atoms. The lowest BCUT2D eigenvalue weighted by Gasteiger charge is -2.08. The molecule has 0 aliphatic heterocycles. The molecule has 0 radical (unpaired) electrons. The Morgan fingerprint density at radius 2 is 1.48 bits per heavy atom. The first-order valence-electron chi connectivity index (χ1n) is 5.81. The number of carbonyl (C=O) groups excluding carboxylic acids is 1. The topological polar surface area (TPSA) is 91.7 Å². The summed E-state index contributed by atoms with van der Waals surface area (Å²) in [6.07, 6.45) is 0. The second-order valence-corrected chi connectivity index (χ2v) is 4.59. The molecule has 0 aliphatic rings. The zero-order valence-electron chi connectivity index (χ0n) is 10.5. The maximum absolute atomic E-state index is 12.4. The lowest BCUT2D eigenvalue weighted by Crippen LogP contribution is -2.12. The van der Waals surface area contributed by atoms with Gasteiger partial charge in [0.15, 0.2) is 5.78 Å². The van der Waals surface area contributed by atoms with E-state index in [9.17, 15) is 14.4 Å². The van der Waals surface area contributed by atoms with Gasteiger partial charge in [0, 0.05) is 11.1 Å². The van der Waals surface area contributed by atoms with E-state index in [1.165, 1.54) is 24.3 Å². The van der Waals surface area contributed by atoms with Gasteiger partial charge >= 0.3 is 11.9 Å². The number of carboxylic acid groups (broad SMARTS) is 2. The summed E-state index contributed by atoms with van der Waals surface area (Å²) in [5.41, 5.74) is -0.534. The second kappa shape index (κ2) is 5.76. The molecular weight excluding hydrogens is 296 g/mol. The van der Waals surface area contributed by atoms with E-state index in [1.54, 1.807) is 12.1 Å². The monoisotopic (exact) mass is 304 g/mol. The van der Waals surface area contributed by atoms with Crippen molar-refractivity contribution >= 4 is 29.3 Å². The van der Waals surface area contributed by atoms with E-state index in [0.29, 0.717) is 0 Å². The average molecular weight is 305 g/mol. The molecule has 0 aliphatic carbocycles. The van der Waals surface area contributed by atoms with E-state index in [0.717, 1.165) is 6.07 Å². The minimum Gasteiger partial charge on any atom is -0.478 e. The molecule has 0 unspecified atom stereocenters. The maximum Gasteiger partial charge on any atom is 0.336 e. The molecular formula is C15H9ClO5. The molecule has 0 spiro atoms. The molecule has 0 amide bonds. The predicted molar refractivity (Wildman–Crippen MR) is 75.2 cm³/mol. The molecule has 2 aromatic rings. The largest absolute Gasteiger partial charge is 0.478 e. The number of carbonyl (C=O) groups is 3. The summed E-state index contributed by atoms with van der Waals surface area (Å²) >= 11 is 5.92. The Labute approximate surface area is 124 Å². The highest BCUT2D eigenvalue weighted by Crippen LogP contribution is 2.22. The van der Waals surface area contributed by atoms with E-state index in [1.807, 2.05) is 0 Å². The molecule has 0 heterocycles. The Morgan fingerprint density at radius 1 is 0.810 bits per heavy atom. The SMILES string of the molecule is O=C(O)c1ccc(C(=O)c2ccccc2Cl)c(C(=O)O)c1. The second-order valence-electron chi connectivity index (χ2n) is 4.18. The van der Waals surface area contributed by atoms with Gasteiger partial charge in [0.2, 0.25) is 0 Å². The smallest absolute Gasteiger partial charge is 0.336 e. The molecule has 2 rings (SSSR count). The van der Waals surface area contributed by atoms with Crippen LogP contribution in [0.1, 0.15) is 36.6 Å². The highest BCUT2D eigenvalue weighted by atomic mass is 35.5. The quantitative estimate of drug-likeness (QED) is 0.847. The van der Waals surface area contributed by atoms with Crippen LogP contribution in [0, 0.1) is 0 Å². The highest BCUT2D eigenvalue weighted by molar-refractivity contribution is 6.35. The first-order valence-corrected chi connectivity index (χ1v) is 6.19. The lowest BCUT2D eigenvalue weighted by molar-refractivity contribution is 0.0692. The predicted octanol–water partition coefficient (Wildman–Crippen LogP) is 2.97. The average Bonchev–Trinajstić information content (AvgIpc) is 2.46. The maximum atomic E-state index is 12.4. The Hall–Kier alpha value is -2.66. The number of hydrogen-bond donors (Lipinski definition) is 2.